The molecule has 1 rings (SSSR count). The van der Waals surface area contributed by atoms with Gasteiger partial charge in [-0.05, 0) is 24.6 Å². The number of hydrogen-bond acceptors (Lipinski definition) is 2. The molecular weight excluding hydrogens is 204 g/mol. The Morgan fingerprint density at radius 3 is 2.33 bits per heavy atom. The van der Waals surface area contributed by atoms with Gasteiger partial charge in [0, 0.05) is 11.6 Å². The molecule has 1 unspecified atom stereocenters. The first-order valence-corrected chi connectivity index (χ1v) is 4.34. The summed E-state index contributed by atoms with van der Waals surface area (Å²) in [6.45, 7) is 1.54. The number of halogens is 2. The fraction of sp³-hybridized carbons (Fsp3) is 0.300. The van der Waals surface area contributed by atoms with E-state index in [4.69, 9.17) is 10.8 Å². The Labute approximate surface area is 85.5 Å². The Kier molecular flexibility index (Phi) is 3.36. The lowest BCUT2D eigenvalue weighted by Gasteiger charge is -2.12. The number of aliphatic carboxylic acids is 1. The average molecular weight is 215 g/mol. The second-order valence-electron chi connectivity index (χ2n) is 3.35. The first-order valence-electron chi connectivity index (χ1n) is 4.34. The maximum Gasteiger partial charge on any atom is 0.305 e. The van der Waals surface area contributed by atoms with Crippen LogP contribution in [0.3, 0.4) is 0 Å². The monoisotopic (exact) mass is 215 g/mol. The highest BCUT2D eigenvalue weighted by molar-refractivity contribution is 5.67. The van der Waals surface area contributed by atoms with Gasteiger partial charge in [0.25, 0.3) is 0 Å². The molecule has 0 aromatic heterocycles. The number of benzene rings is 1. The molecule has 0 amide bonds. The SMILES string of the molecule is Cc1cc(F)c(C(N)CC(=O)O)c(F)c1. The van der Waals surface area contributed by atoms with Gasteiger partial charge in [-0.2, -0.15) is 0 Å². The number of nitrogens with two attached hydrogens (primary N) is 1. The molecule has 15 heavy (non-hydrogen) atoms. The quantitative estimate of drug-likeness (QED) is 0.807. The Morgan fingerprint density at radius 2 is 1.93 bits per heavy atom. The van der Waals surface area contributed by atoms with Crippen molar-refractivity contribution in [1.29, 1.82) is 0 Å². The van der Waals surface area contributed by atoms with E-state index in [9.17, 15) is 13.6 Å². The lowest BCUT2D eigenvalue weighted by atomic mass is 10.0. The summed E-state index contributed by atoms with van der Waals surface area (Å²) < 4.78 is 26.6. The Hall–Kier alpha value is -1.49. The van der Waals surface area contributed by atoms with Crippen molar-refractivity contribution in [3.8, 4) is 0 Å². The van der Waals surface area contributed by atoms with Gasteiger partial charge in [-0.15, -0.1) is 0 Å². The van der Waals surface area contributed by atoms with Crippen molar-refractivity contribution in [2.75, 3.05) is 0 Å². The summed E-state index contributed by atoms with van der Waals surface area (Å²) >= 11 is 0. The molecule has 0 aliphatic heterocycles. The molecule has 1 atom stereocenters. The van der Waals surface area contributed by atoms with Crippen LogP contribution in [0.5, 0.6) is 0 Å². The predicted octanol–water partition coefficient (Wildman–Crippen LogP) is 1.75. The van der Waals surface area contributed by atoms with Crippen molar-refractivity contribution in [1.82, 2.24) is 0 Å². The van der Waals surface area contributed by atoms with Crippen LogP contribution >= 0.6 is 0 Å². The van der Waals surface area contributed by atoms with Crippen LogP contribution in [0.25, 0.3) is 0 Å². The van der Waals surface area contributed by atoms with Crippen LogP contribution in [0.4, 0.5) is 8.78 Å². The highest BCUT2D eigenvalue weighted by Gasteiger charge is 2.19. The first kappa shape index (κ1) is 11.6. The molecule has 5 heteroatoms. The molecule has 0 spiro atoms. The summed E-state index contributed by atoms with van der Waals surface area (Å²) in [6.07, 6.45) is -0.503. The van der Waals surface area contributed by atoms with Crippen molar-refractivity contribution < 1.29 is 18.7 Å². The molecule has 1 aromatic carbocycles. The van der Waals surface area contributed by atoms with Crippen molar-refractivity contribution in [3.05, 3.63) is 34.9 Å². The van der Waals surface area contributed by atoms with Crippen LogP contribution in [0, 0.1) is 18.6 Å². The Morgan fingerprint density at radius 1 is 1.47 bits per heavy atom. The van der Waals surface area contributed by atoms with E-state index in [2.05, 4.69) is 0 Å². The lowest BCUT2D eigenvalue weighted by molar-refractivity contribution is -0.137. The average Bonchev–Trinajstić information content (AvgIpc) is 1.99. The minimum Gasteiger partial charge on any atom is -0.481 e. The van der Waals surface area contributed by atoms with Crippen molar-refractivity contribution in [3.63, 3.8) is 0 Å². The largest absolute Gasteiger partial charge is 0.481 e. The molecule has 0 aliphatic rings. The molecule has 0 saturated heterocycles. The minimum atomic E-state index is -1.19. The van der Waals surface area contributed by atoms with Gasteiger partial charge in [-0.1, -0.05) is 0 Å². The Balaban J connectivity index is 3.08. The van der Waals surface area contributed by atoms with Gasteiger partial charge in [-0.25, -0.2) is 8.78 Å². The third-order valence-electron chi connectivity index (χ3n) is 1.99. The zero-order valence-corrected chi connectivity index (χ0v) is 8.13. The molecule has 0 bridgehead atoms. The Bertz CT molecular complexity index is 370. The van der Waals surface area contributed by atoms with Gasteiger partial charge in [0.05, 0.1) is 6.42 Å². The predicted molar refractivity (Wildman–Crippen MR) is 50.3 cm³/mol. The minimum absolute atomic E-state index is 0.372. The molecule has 0 fully saturated rings. The number of hydrogen-bond donors (Lipinski definition) is 2. The highest BCUT2D eigenvalue weighted by atomic mass is 19.1. The van der Waals surface area contributed by atoms with Gasteiger partial charge < -0.3 is 10.8 Å². The van der Waals surface area contributed by atoms with Crippen LogP contribution in [-0.2, 0) is 4.79 Å². The second kappa shape index (κ2) is 4.35. The number of carbonyl (C=O) groups is 1. The van der Waals surface area contributed by atoms with Crippen LogP contribution in [-0.4, -0.2) is 11.1 Å². The van der Waals surface area contributed by atoms with E-state index in [1.807, 2.05) is 0 Å². The fourth-order valence-corrected chi connectivity index (χ4v) is 1.36. The third kappa shape index (κ3) is 2.73. The van der Waals surface area contributed by atoms with E-state index in [1.54, 1.807) is 6.92 Å². The van der Waals surface area contributed by atoms with Crippen molar-refractivity contribution in [2.45, 2.75) is 19.4 Å². The lowest BCUT2D eigenvalue weighted by Crippen LogP contribution is -2.18. The van der Waals surface area contributed by atoms with E-state index < -0.39 is 30.1 Å². The molecule has 0 radical (unpaired) electrons. The van der Waals surface area contributed by atoms with Crippen LogP contribution in [0.15, 0.2) is 12.1 Å². The molecule has 3 nitrogen and oxygen atoms in total. The third-order valence-corrected chi connectivity index (χ3v) is 1.99. The molecule has 0 aliphatic carbocycles. The van der Waals surface area contributed by atoms with Gasteiger partial charge in [0.15, 0.2) is 0 Å². The topological polar surface area (TPSA) is 63.3 Å². The summed E-state index contributed by atoms with van der Waals surface area (Å²) in [4.78, 5) is 10.3. The van der Waals surface area contributed by atoms with E-state index in [0.29, 0.717) is 5.56 Å². The van der Waals surface area contributed by atoms with Crippen molar-refractivity contribution >= 4 is 5.97 Å². The van der Waals surface area contributed by atoms with Crippen LogP contribution in [0.1, 0.15) is 23.6 Å². The summed E-state index contributed by atoms with van der Waals surface area (Å²) in [7, 11) is 0. The van der Waals surface area contributed by atoms with E-state index >= 15 is 0 Å². The molecule has 0 heterocycles. The maximum atomic E-state index is 13.3. The molecule has 1 aromatic rings. The number of carboxylic acids is 1. The summed E-state index contributed by atoms with van der Waals surface area (Å²) in [6, 6.07) is 1.09. The number of carboxylic acid groups (broad SMARTS) is 1. The van der Waals surface area contributed by atoms with Gasteiger partial charge in [0.1, 0.15) is 11.6 Å². The normalized spacial score (nSPS) is 12.5. The molecular formula is C10H11F2NO2. The van der Waals surface area contributed by atoms with E-state index in [1.165, 1.54) is 0 Å². The zero-order valence-electron chi connectivity index (χ0n) is 8.13. The summed E-state index contributed by atoms with van der Waals surface area (Å²) in [5.74, 6) is -2.80. The first-order chi connectivity index (χ1) is 6.91. The standard InChI is InChI=1S/C10H11F2NO2/c1-5-2-6(11)10(7(12)3-5)8(13)4-9(14)15/h2-3,8H,4,13H2,1H3,(H,14,15). The van der Waals surface area contributed by atoms with E-state index in [0.717, 1.165) is 12.1 Å². The molecule has 82 valence electrons. The fourth-order valence-electron chi connectivity index (χ4n) is 1.36. The van der Waals surface area contributed by atoms with Gasteiger partial charge in [-0.3, -0.25) is 4.79 Å². The summed E-state index contributed by atoms with van der Waals surface area (Å²) in [5, 5.41) is 8.46. The highest BCUT2D eigenvalue weighted by Crippen LogP contribution is 2.22. The van der Waals surface area contributed by atoms with Gasteiger partial charge >= 0.3 is 5.97 Å². The maximum absolute atomic E-state index is 13.3. The van der Waals surface area contributed by atoms with Gasteiger partial charge in [0.2, 0.25) is 0 Å². The van der Waals surface area contributed by atoms with Crippen LogP contribution in [0.2, 0.25) is 0 Å². The number of aryl methyl sites for hydroxylation is 1. The van der Waals surface area contributed by atoms with Crippen molar-refractivity contribution in [2.24, 2.45) is 5.73 Å². The molecule has 3 N–H and O–H groups in total. The molecule has 0 saturated carbocycles. The van der Waals surface area contributed by atoms with Crippen LogP contribution < -0.4 is 5.73 Å². The zero-order chi connectivity index (χ0) is 11.6. The summed E-state index contributed by atoms with van der Waals surface area (Å²) in [5.41, 5.74) is 5.44. The second-order valence-corrected chi connectivity index (χ2v) is 3.35. The number of rotatable bonds is 3. The smallest absolute Gasteiger partial charge is 0.305 e. The van der Waals surface area contributed by atoms with E-state index in [-0.39, 0.29) is 5.56 Å².